The number of benzene rings is 2. The Bertz CT molecular complexity index is 1220. The van der Waals surface area contributed by atoms with Crippen LogP contribution in [0.2, 0.25) is 5.02 Å². The van der Waals surface area contributed by atoms with E-state index >= 15 is 0 Å². The number of halogens is 1. The minimum Gasteiger partial charge on any atom is -0.342 e. The second kappa shape index (κ2) is 12.0. The lowest BCUT2D eigenvalue weighted by molar-refractivity contribution is -0.113. The van der Waals surface area contributed by atoms with Gasteiger partial charge in [0.1, 0.15) is 0 Å². The highest BCUT2D eigenvalue weighted by Crippen LogP contribution is 2.27. The van der Waals surface area contributed by atoms with Crippen molar-refractivity contribution in [1.29, 1.82) is 0 Å². The summed E-state index contributed by atoms with van der Waals surface area (Å²) in [5, 5.41) is 15.6. The maximum atomic E-state index is 12.9. The third-order valence-electron chi connectivity index (χ3n) is 5.40. The van der Waals surface area contributed by atoms with Crippen LogP contribution in [0.4, 0.5) is 5.69 Å². The summed E-state index contributed by atoms with van der Waals surface area (Å²) in [4.78, 5) is 25.5. The van der Waals surface area contributed by atoms with Crippen LogP contribution in [-0.4, -0.2) is 32.3 Å². The molecule has 1 aromatic heterocycles. The quantitative estimate of drug-likeness (QED) is 0.273. The molecule has 1 atom stereocenters. The van der Waals surface area contributed by atoms with E-state index in [0.29, 0.717) is 28.1 Å². The number of nitrogens with zero attached hydrogens (tertiary/aromatic N) is 3. The molecule has 1 heterocycles. The molecule has 2 N–H and O–H groups in total. The van der Waals surface area contributed by atoms with E-state index in [9.17, 15) is 9.59 Å². The summed E-state index contributed by atoms with van der Waals surface area (Å²) in [7, 11) is 0. The highest BCUT2D eigenvalue weighted by molar-refractivity contribution is 7.99. The van der Waals surface area contributed by atoms with Crippen molar-refractivity contribution in [2.45, 2.75) is 45.4 Å². The molecule has 0 aliphatic carbocycles. The zero-order chi connectivity index (χ0) is 25.5. The number of aromatic nitrogens is 3. The Labute approximate surface area is 215 Å². The maximum absolute atomic E-state index is 12.9. The molecule has 3 rings (SSSR count). The Morgan fingerprint density at radius 3 is 2.57 bits per heavy atom. The second-order valence-electron chi connectivity index (χ2n) is 8.57. The predicted molar refractivity (Wildman–Crippen MR) is 142 cm³/mol. The number of carbonyl (C=O) groups excluding carboxylic acids is 2. The van der Waals surface area contributed by atoms with E-state index in [1.54, 1.807) is 30.3 Å². The van der Waals surface area contributed by atoms with E-state index in [4.69, 9.17) is 11.6 Å². The van der Waals surface area contributed by atoms with Crippen LogP contribution in [0.5, 0.6) is 0 Å². The van der Waals surface area contributed by atoms with Crippen LogP contribution in [-0.2, 0) is 11.3 Å². The Hall–Kier alpha value is -3.10. The largest absolute Gasteiger partial charge is 0.342 e. The van der Waals surface area contributed by atoms with Crippen molar-refractivity contribution in [2.75, 3.05) is 11.1 Å². The number of nitrogens with one attached hydrogen (secondary N) is 2. The summed E-state index contributed by atoms with van der Waals surface area (Å²) in [6.07, 6.45) is 1.74. The first-order valence-corrected chi connectivity index (χ1v) is 12.7. The molecule has 2 aromatic carbocycles. The topological polar surface area (TPSA) is 88.9 Å². The molecule has 0 aliphatic heterocycles. The van der Waals surface area contributed by atoms with Crippen molar-refractivity contribution >= 4 is 40.9 Å². The Morgan fingerprint density at radius 1 is 1.17 bits per heavy atom. The third-order valence-corrected chi connectivity index (χ3v) is 6.69. The molecule has 2 amide bonds. The van der Waals surface area contributed by atoms with Gasteiger partial charge in [-0.25, -0.2) is 0 Å². The van der Waals surface area contributed by atoms with Crippen LogP contribution in [0.1, 0.15) is 47.2 Å². The summed E-state index contributed by atoms with van der Waals surface area (Å²) < 4.78 is 1.87. The molecule has 0 saturated carbocycles. The van der Waals surface area contributed by atoms with E-state index in [1.165, 1.54) is 11.8 Å². The lowest BCUT2D eigenvalue weighted by Gasteiger charge is -2.23. The van der Waals surface area contributed by atoms with Crippen LogP contribution in [0.15, 0.2) is 60.3 Å². The van der Waals surface area contributed by atoms with Gasteiger partial charge in [0, 0.05) is 12.2 Å². The van der Waals surface area contributed by atoms with Crippen LogP contribution in [0, 0.1) is 19.8 Å². The molecule has 0 spiro atoms. The summed E-state index contributed by atoms with van der Waals surface area (Å²) in [6, 6.07) is 12.4. The van der Waals surface area contributed by atoms with E-state index in [1.807, 2.05) is 50.5 Å². The van der Waals surface area contributed by atoms with Crippen molar-refractivity contribution in [2.24, 2.45) is 5.92 Å². The van der Waals surface area contributed by atoms with Gasteiger partial charge in [-0.2, -0.15) is 0 Å². The number of carbonyl (C=O) groups is 2. The molecular formula is C26H30ClN5O2S. The predicted octanol–water partition coefficient (Wildman–Crippen LogP) is 5.59. The lowest BCUT2D eigenvalue weighted by Crippen LogP contribution is -2.34. The molecular weight excluding hydrogens is 482 g/mol. The average Bonchev–Trinajstić information content (AvgIpc) is 3.20. The molecule has 1 unspecified atom stereocenters. The van der Waals surface area contributed by atoms with Crippen molar-refractivity contribution in [1.82, 2.24) is 20.1 Å². The summed E-state index contributed by atoms with van der Waals surface area (Å²) in [5.74, 6) is 0.368. The molecule has 0 bridgehead atoms. The number of hydrogen-bond donors (Lipinski definition) is 2. The fourth-order valence-corrected chi connectivity index (χ4v) is 4.58. The van der Waals surface area contributed by atoms with E-state index in [-0.39, 0.29) is 23.5 Å². The van der Waals surface area contributed by atoms with Crippen molar-refractivity contribution in [3.05, 3.63) is 82.7 Å². The van der Waals surface area contributed by atoms with Gasteiger partial charge in [-0.15, -0.1) is 16.8 Å². The molecule has 0 saturated heterocycles. The normalized spacial score (nSPS) is 11.8. The fraction of sp³-hybridized carbons (Fsp3) is 0.308. The first-order valence-electron chi connectivity index (χ1n) is 11.3. The van der Waals surface area contributed by atoms with E-state index in [0.717, 1.165) is 16.8 Å². The van der Waals surface area contributed by atoms with Crippen molar-refractivity contribution in [3.63, 3.8) is 0 Å². The van der Waals surface area contributed by atoms with Gasteiger partial charge in [-0.05, 0) is 43.5 Å². The number of thioether (sulfide) groups is 1. The summed E-state index contributed by atoms with van der Waals surface area (Å²) >= 11 is 7.50. The zero-order valence-electron chi connectivity index (χ0n) is 20.3. The first kappa shape index (κ1) is 26.5. The highest BCUT2D eigenvalue weighted by atomic mass is 35.5. The average molecular weight is 512 g/mol. The molecule has 184 valence electrons. The minimum absolute atomic E-state index is 0.0277. The zero-order valence-corrected chi connectivity index (χ0v) is 21.9. The van der Waals surface area contributed by atoms with Gasteiger partial charge in [0.25, 0.3) is 5.91 Å². The number of hydrogen-bond acceptors (Lipinski definition) is 5. The van der Waals surface area contributed by atoms with Gasteiger partial charge in [0.05, 0.1) is 22.4 Å². The number of anilines is 1. The van der Waals surface area contributed by atoms with Crippen LogP contribution in [0.25, 0.3) is 0 Å². The number of amides is 2. The van der Waals surface area contributed by atoms with Crippen molar-refractivity contribution in [3.8, 4) is 0 Å². The van der Waals surface area contributed by atoms with E-state index < -0.39 is 6.04 Å². The van der Waals surface area contributed by atoms with Gasteiger partial charge in [-0.3, -0.25) is 9.59 Å². The maximum Gasteiger partial charge on any atom is 0.253 e. The Morgan fingerprint density at radius 2 is 1.91 bits per heavy atom. The smallest absolute Gasteiger partial charge is 0.253 e. The molecule has 35 heavy (non-hydrogen) atoms. The lowest BCUT2D eigenvalue weighted by atomic mass is 10.0. The standard InChI is InChI=1S/C26H30ClN5O2S/c1-6-13-32-24(23(16(2)3)29-25(34)19-9-7-8-10-20(19)27)30-31-26(32)35-15-22(33)28-21-12-11-17(4)14-18(21)5/h6-12,14,16,23H,1,13,15H2,2-5H3,(H,28,33)(H,29,34). The van der Waals surface area contributed by atoms with Gasteiger partial charge >= 0.3 is 0 Å². The molecule has 7 nitrogen and oxygen atoms in total. The molecule has 0 fully saturated rings. The van der Waals surface area contributed by atoms with Crippen LogP contribution in [0.3, 0.4) is 0 Å². The first-order chi connectivity index (χ1) is 16.7. The van der Waals surface area contributed by atoms with Crippen LogP contribution < -0.4 is 10.6 Å². The fourth-order valence-electron chi connectivity index (χ4n) is 3.60. The SMILES string of the molecule is C=CCn1c(SCC(=O)Nc2ccc(C)cc2C)nnc1C(NC(=O)c1ccccc1Cl)C(C)C. The van der Waals surface area contributed by atoms with Crippen molar-refractivity contribution < 1.29 is 9.59 Å². The Kier molecular flexibility index (Phi) is 9.12. The molecule has 0 aliphatic rings. The van der Waals surface area contributed by atoms with Gasteiger partial charge in [-0.1, -0.05) is 73.1 Å². The molecule has 3 aromatic rings. The van der Waals surface area contributed by atoms with Gasteiger partial charge < -0.3 is 15.2 Å². The minimum atomic E-state index is -0.412. The summed E-state index contributed by atoms with van der Waals surface area (Å²) in [5.41, 5.74) is 3.33. The van der Waals surface area contributed by atoms with E-state index in [2.05, 4.69) is 27.4 Å². The monoisotopic (exact) mass is 511 g/mol. The number of rotatable bonds is 10. The Balaban J connectivity index is 1.76. The molecule has 0 radical (unpaired) electrons. The van der Waals surface area contributed by atoms with Gasteiger partial charge in [0.15, 0.2) is 11.0 Å². The van der Waals surface area contributed by atoms with Crippen LogP contribution >= 0.6 is 23.4 Å². The van der Waals surface area contributed by atoms with Gasteiger partial charge in [0.2, 0.25) is 5.91 Å². The number of aryl methyl sites for hydroxylation is 2. The molecule has 9 heteroatoms. The third kappa shape index (κ3) is 6.74. The summed E-state index contributed by atoms with van der Waals surface area (Å²) in [6.45, 7) is 12.2. The second-order valence-corrected chi connectivity index (χ2v) is 9.92. The number of allylic oxidation sites excluding steroid dienone is 1. The highest BCUT2D eigenvalue weighted by Gasteiger charge is 2.27.